The predicted molar refractivity (Wildman–Crippen MR) is 98.4 cm³/mol. The van der Waals surface area contributed by atoms with Gasteiger partial charge in [-0.05, 0) is 49.9 Å². The van der Waals surface area contributed by atoms with E-state index in [2.05, 4.69) is 0 Å². The van der Waals surface area contributed by atoms with Crippen molar-refractivity contribution in [3.8, 4) is 5.75 Å². The van der Waals surface area contributed by atoms with Crippen molar-refractivity contribution in [1.82, 2.24) is 0 Å². The fourth-order valence-electron chi connectivity index (χ4n) is 1.86. The molecule has 0 atom stereocenters. The van der Waals surface area contributed by atoms with Gasteiger partial charge in [-0.25, -0.2) is 9.59 Å². The van der Waals surface area contributed by atoms with Gasteiger partial charge in [-0.2, -0.15) is 0 Å². The number of esters is 2. The minimum absolute atomic E-state index is 0.152. The van der Waals surface area contributed by atoms with Gasteiger partial charge in [0.05, 0.1) is 13.2 Å². The van der Waals surface area contributed by atoms with E-state index in [4.69, 9.17) is 14.2 Å². The molecule has 0 aliphatic carbocycles. The highest BCUT2D eigenvalue weighted by Gasteiger charge is 2.20. The SMILES string of the molecule is CCOC(=O)C(=Cc1ccc(OC/C=C/[Si](C)(O)O)cc1)C(=O)OCC. The van der Waals surface area contributed by atoms with E-state index in [0.717, 1.165) is 0 Å². The van der Waals surface area contributed by atoms with E-state index in [1.165, 1.54) is 18.3 Å². The molecule has 1 rings (SSSR count). The summed E-state index contributed by atoms with van der Waals surface area (Å²) in [7, 11) is -3.21. The third kappa shape index (κ3) is 8.10. The number of carbonyl (C=O) groups excluding carboxylic acids is 2. The molecule has 7 nitrogen and oxygen atoms in total. The van der Waals surface area contributed by atoms with Crippen LogP contribution in [0.5, 0.6) is 5.75 Å². The molecule has 0 amide bonds. The molecule has 2 N–H and O–H groups in total. The second kappa shape index (κ2) is 10.5. The number of benzene rings is 1. The molecule has 1 aromatic rings. The van der Waals surface area contributed by atoms with E-state index >= 15 is 0 Å². The summed E-state index contributed by atoms with van der Waals surface area (Å²) in [5.41, 5.74) is 1.77. The maximum absolute atomic E-state index is 11.9. The number of rotatable bonds is 9. The Bertz CT molecular complexity index is 637. The van der Waals surface area contributed by atoms with Crippen LogP contribution in [0, 0.1) is 0 Å². The molecule has 0 bridgehead atoms. The topological polar surface area (TPSA) is 102 Å². The molecule has 142 valence electrons. The lowest BCUT2D eigenvalue weighted by molar-refractivity contribution is -0.146. The van der Waals surface area contributed by atoms with E-state index in [9.17, 15) is 19.2 Å². The first-order valence-electron chi connectivity index (χ1n) is 8.18. The summed E-state index contributed by atoms with van der Waals surface area (Å²) >= 11 is 0. The Hall–Kier alpha value is -2.42. The maximum atomic E-state index is 11.9. The highest BCUT2D eigenvalue weighted by atomic mass is 28.4. The third-order valence-corrected chi connectivity index (χ3v) is 3.83. The van der Waals surface area contributed by atoms with Gasteiger partial charge in [0, 0.05) is 0 Å². The number of hydrogen-bond acceptors (Lipinski definition) is 7. The Morgan fingerprint density at radius 2 is 1.58 bits per heavy atom. The molecule has 0 radical (unpaired) electrons. The molecule has 8 heteroatoms. The van der Waals surface area contributed by atoms with Crippen LogP contribution < -0.4 is 4.74 Å². The highest BCUT2D eigenvalue weighted by Crippen LogP contribution is 2.16. The van der Waals surface area contributed by atoms with Gasteiger partial charge in [-0.1, -0.05) is 18.2 Å². The average Bonchev–Trinajstić information content (AvgIpc) is 2.57. The highest BCUT2D eigenvalue weighted by molar-refractivity contribution is 6.68. The molecule has 0 fully saturated rings. The van der Waals surface area contributed by atoms with Crippen molar-refractivity contribution in [3.63, 3.8) is 0 Å². The fourth-order valence-corrected chi connectivity index (χ4v) is 2.40. The van der Waals surface area contributed by atoms with Gasteiger partial charge >= 0.3 is 20.5 Å². The first-order valence-corrected chi connectivity index (χ1v) is 10.6. The Morgan fingerprint density at radius 3 is 2.04 bits per heavy atom. The second-order valence-corrected chi connectivity index (χ2v) is 7.90. The smallest absolute Gasteiger partial charge is 0.356 e. The lowest BCUT2D eigenvalue weighted by Crippen LogP contribution is -2.27. The maximum Gasteiger partial charge on any atom is 0.356 e. The molecule has 0 heterocycles. The largest absolute Gasteiger partial charge is 0.490 e. The van der Waals surface area contributed by atoms with Crippen LogP contribution in [-0.4, -0.2) is 49.9 Å². The van der Waals surface area contributed by atoms with Crippen LogP contribution in [0.15, 0.2) is 41.6 Å². The monoisotopic (exact) mass is 380 g/mol. The minimum atomic E-state index is -3.21. The van der Waals surface area contributed by atoms with E-state index in [1.807, 2.05) is 0 Å². The minimum Gasteiger partial charge on any atom is -0.490 e. The standard InChI is InChI=1S/C18H24O7Si/c1-4-23-17(19)16(18(20)24-5-2)13-14-7-9-15(10-8-14)25-11-6-12-26(3,21)22/h6-10,12-13,21-22H,4-5,11H2,1-3H3/b12-6+. The summed E-state index contributed by atoms with van der Waals surface area (Å²) in [5.74, 6) is -0.923. The van der Waals surface area contributed by atoms with Crippen molar-refractivity contribution in [3.05, 3.63) is 47.2 Å². The summed E-state index contributed by atoms with van der Waals surface area (Å²) in [5, 5.41) is 0. The molecule has 0 saturated heterocycles. The Labute approximate surface area is 153 Å². The molecule has 0 aliphatic rings. The predicted octanol–water partition coefficient (Wildman–Crippen LogP) is 1.73. The fraction of sp³-hybridized carbons (Fsp3) is 0.333. The first kappa shape index (κ1) is 21.6. The van der Waals surface area contributed by atoms with Crippen LogP contribution >= 0.6 is 0 Å². The van der Waals surface area contributed by atoms with Gasteiger partial charge in [0.15, 0.2) is 0 Å². The molecule has 0 aromatic heterocycles. The molecular weight excluding hydrogens is 356 g/mol. The third-order valence-electron chi connectivity index (χ3n) is 2.96. The number of carbonyl (C=O) groups is 2. The van der Waals surface area contributed by atoms with E-state index in [1.54, 1.807) is 44.2 Å². The van der Waals surface area contributed by atoms with Crippen molar-refractivity contribution in [2.45, 2.75) is 20.4 Å². The lowest BCUT2D eigenvalue weighted by atomic mass is 10.1. The molecule has 26 heavy (non-hydrogen) atoms. The number of hydrogen-bond donors (Lipinski definition) is 2. The Balaban J connectivity index is 2.83. The van der Waals surface area contributed by atoms with Crippen LogP contribution in [0.4, 0.5) is 0 Å². The first-order chi connectivity index (χ1) is 12.3. The van der Waals surface area contributed by atoms with Gasteiger partial charge in [-0.3, -0.25) is 0 Å². The lowest BCUT2D eigenvalue weighted by Gasteiger charge is -2.08. The van der Waals surface area contributed by atoms with Crippen LogP contribution in [0.3, 0.4) is 0 Å². The van der Waals surface area contributed by atoms with Crippen LogP contribution in [0.25, 0.3) is 6.08 Å². The molecule has 0 aliphatic heterocycles. The van der Waals surface area contributed by atoms with Gasteiger partial charge in [0.1, 0.15) is 17.9 Å². The van der Waals surface area contributed by atoms with Crippen LogP contribution in [-0.2, 0) is 19.1 Å². The van der Waals surface area contributed by atoms with Crippen LogP contribution in [0.1, 0.15) is 19.4 Å². The van der Waals surface area contributed by atoms with Crippen molar-refractivity contribution < 1.29 is 33.4 Å². The Morgan fingerprint density at radius 1 is 1.04 bits per heavy atom. The van der Waals surface area contributed by atoms with Crippen molar-refractivity contribution >= 4 is 26.6 Å². The van der Waals surface area contributed by atoms with Crippen molar-refractivity contribution in [2.75, 3.05) is 19.8 Å². The zero-order valence-electron chi connectivity index (χ0n) is 15.1. The van der Waals surface area contributed by atoms with Crippen molar-refractivity contribution in [1.29, 1.82) is 0 Å². The van der Waals surface area contributed by atoms with Crippen molar-refractivity contribution in [2.24, 2.45) is 0 Å². The van der Waals surface area contributed by atoms with Crippen LogP contribution in [0.2, 0.25) is 6.55 Å². The summed E-state index contributed by atoms with van der Waals surface area (Å²) in [4.78, 5) is 42.4. The zero-order valence-corrected chi connectivity index (χ0v) is 16.1. The zero-order chi connectivity index (χ0) is 19.6. The summed E-state index contributed by atoms with van der Waals surface area (Å²) in [6.07, 6.45) is 2.94. The molecular formula is C18H24O7Si. The number of ether oxygens (including phenoxy) is 3. The summed E-state index contributed by atoms with van der Waals surface area (Å²) in [6, 6.07) is 6.69. The van der Waals surface area contributed by atoms with Gasteiger partial charge in [0.2, 0.25) is 0 Å². The molecule has 0 saturated carbocycles. The molecule has 0 spiro atoms. The van der Waals surface area contributed by atoms with Gasteiger partial charge < -0.3 is 23.8 Å². The van der Waals surface area contributed by atoms with Gasteiger partial charge in [-0.15, -0.1) is 0 Å². The molecule has 1 aromatic carbocycles. The van der Waals surface area contributed by atoms with Gasteiger partial charge in [0.25, 0.3) is 0 Å². The van der Waals surface area contributed by atoms with E-state index in [0.29, 0.717) is 11.3 Å². The quantitative estimate of drug-likeness (QED) is 0.221. The summed E-state index contributed by atoms with van der Waals surface area (Å²) < 4.78 is 15.2. The Kier molecular flexibility index (Phi) is 8.77. The van der Waals surface area contributed by atoms with E-state index in [-0.39, 0.29) is 25.4 Å². The second-order valence-electron chi connectivity index (χ2n) is 5.38. The molecule has 0 unspecified atom stereocenters. The normalized spacial score (nSPS) is 11.1. The summed E-state index contributed by atoms with van der Waals surface area (Å²) in [6.45, 7) is 5.17. The van der Waals surface area contributed by atoms with E-state index < -0.39 is 20.5 Å². The average molecular weight is 380 g/mol.